The number of nitrogens with one attached hydrogen (secondary N) is 2. The van der Waals surface area contributed by atoms with E-state index in [4.69, 9.17) is 4.74 Å². The smallest absolute Gasteiger partial charge is 0.255 e. The Hall–Kier alpha value is -1.12. The van der Waals surface area contributed by atoms with Crippen molar-refractivity contribution in [3.05, 3.63) is 28.2 Å². The van der Waals surface area contributed by atoms with E-state index < -0.39 is 10.0 Å². The average molecular weight is 351 g/mol. The second-order valence-electron chi connectivity index (χ2n) is 3.62. The Balaban J connectivity index is 2.71. The highest BCUT2D eigenvalue weighted by atomic mass is 79.9. The zero-order valence-corrected chi connectivity index (χ0v) is 13.0. The molecule has 0 aliphatic carbocycles. The van der Waals surface area contributed by atoms with Gasteiger partial charge in [-0.15, -0.1) is 0 Å². The van der Waals surface area contributed by atoms with E-state index in [1.807, 2.05) is 0 Å². The zero-order chi connectivity index (χ0) is 14.5. The second-order valence-corrected chi connectivity index (χ2v) is 6.59. The molecule has 6 nitrogen and oxygen atoms in total. The van der Waals surface area contributed by atoms with E-state index in [0.717, 1.165) is 4.47 Å². The van der Waals surface area contributed by atoms with Crippen LogP contribution in [0.5, 0.6) is 5.75 Å². The molecule has 2 N–H and O–H groups in total. The van der Waals surface area contributed by atoms with E-state index in [1.54, 1.807) is 18.2 Å². The molecule has 0 saturated heterocycles. The van der Waals surface area contributed by atoms with Crippen molar-refractivity contribution in [1.82, 2.24) is 10.0 Å². The number of ether oxygens (including phenoxy) is 1. The molecule has 1 amide bonds. The SMILES string of the molecule is CNS(=O)(=O)CCNC(=O)c1cc(Br)ccc1OC. The first-order valence-corrected chi connectivity index (χ1v) is 7.87. The molecular formula is C11H15BrN2O4S. The number of hydrogen-bond acceptors (Lipinski definition) is 4. The Bertz CT molecular complexity index is 560. The van der Waals surface area contributed by atoms with Gasteiger partial charge in [0.2, 0.25) is 10.0 Å². The van der Waals surface area contributed by atoms with Gasteiger partial charge in [0, 0.05) is 11.0 Å². The van der Waals surface area contributed by atoms with Crippen LogP contribution in [0.1, 0.15) is 10.4 Å². The molecule has 0 unspecified atom stereocenters. The maximum atomic E-state index is 11.9. The van der Waals surface area contributed by atoms with Gasteiger partial charge in [0.05, 0.1) is 18.4 Å². The van der Waals surface area contributed by atoms with Crippen molar-refractivity contribution in [2.45, 2.75) is 0 Å². The lowest BCUT2D eigenvalue weighted by molar-refractivity contribution is 0.0953. The molecular weight excluding hydrogens is 336 g/mol. The van der Waals surface area contributed by atoms with Crippen molar-refractivity contribution in [2.75, 3.05) is 26.5 Å². The molecule has 0 radical (unpaired) electrons. The van der Waals surface area contributed by atoms with Crippen molar-refractivity contribution in [1.29, 1.82) is 0 Å². The summed E-state index contributed by atoms with van der Waals surface area (Å²) in [4.78, 5) is 11.9. The number of hydrogen-bond donors (Lipinski definition) is 2. The monoisotopic (exact) mass is 350 g/mol. The summed E-state index contributed by atoms with van der Waals surface area (Å²) in [5, 5.41) is 2.53. The Kier molecular flexibility index (Phi) is 5.77. The van der Waals surface area contributed by atoms with E-state index in [9.17, 15) is 13.2 Å². The fourth-order valence-corrected chi connectivity index (χ4v) is 2.29. The van der Waals surface area contributed by atoms with Crippen LogP contribution in [0.2, 0.25) is 0 Å². The molecule has 0 bridgehead atoms. The van der Waals surface area contributed by atoms with Gasteiger partial charge in [-0.3, -0.25) is 4.79 Å². The van der Waals surface area contributed by atoms with Gasteiger partial charge in [-0.1, -0.05) is 15.9 Å². The number of carbonyl (C=O) groups excluding carboxylic acids is 1. The van der Waals surface area contributed by atoms with Crippen LogP contribution in [-0.2, 0) is 10.0 Å². The number of benzene rings is 1. The molecule has 0 aliphatic rings. The maximum Gasteiger partial charge on any atom is 0.255 e. The lowest BCUT2D eigenvalue weighted by atomic mass is 10.2. The summed E-state index contributed by atoms with van der Waals surface area (Å²) in [5.41, 5.74) is 0.346. The van der Waals surface area contributed by atoms with E-state index in [0.29, 0.717) is 11.3 Å². The third kappa shape index (κ3) is 4.81. The standard InChI is InChI=1S/C11H15BrN2O4S/c1-13-19(16,17)6-5-14-11(15)9-7-8(12)3-4-10(9)18-2/h3-4,7,13H,5-6H2,1-2H3,(H,14,15). The first kappa shape index (κ1) is 15.9. The molecule has 0 heterocycles. The molecule has 8 heteroatoms. The Labute approximate surface area is 120 Å². The van der Waals surface area contributed by atoms with E-state index in [-0.39, 0.29) is 18.2 Å². The quantitative estimate of drug-likeness (QED) is 0.792. The predicted octanol–water partition coefficient (Wildman–Crippen LogP) is 0.737. The van der Waals surface area contributed by atoms with Gasteiger partial charge in [-0.05, 0) is 25.2 Å². The second kappa shape index (κ2) is 6.88. The first-order valence-electron chi connectivity index (χ1n) is 5.42. The van der Waals surface area contributed by atoms with Crippen LogP contribution in [-0.4, -0.2) is 40.8 Å². The minimum absolute atomic E-state index is 0.0255. The summed E-state index contributed by atoms with van der Waals surface area (Å²) in [7, 11) is -0.535. The number of rotatable bonds is 6. The average Bonchev–Trinajstić information content (AvgIpc) is 2.38. The summed E-state index contributed by atoms with van der Waals surface area (Å²) < 4.78 is 30.4. The molecule has 0 spiro atoms. The van der Waals surface area contributed by atoms with Crippen LogP contribution in [0.15, 0.2) is 22.7 Å². The van der Waals surface area contributed by atoms with Crippen molar-refractivity contribution < 1.29 is 17.9 Å². The van der Waals surface area contributed by atoms with Crippen LogP contribution in [0.4, 0.5) is 0 Å². The highest BCUT2D eigenvalue weighted by molar-refractivity contribution is 9.10. The Morgan fingerprint density at radius 2 is 2.11 bits per heavy atom. The summed E-state index contributed by atoms with van der Waals surface area (Å²) in [6.45, 7) is 0.0255. The topological polar surface area (TPSA) is 84.5 Å². The highest BCUT2D eigenvalue weighted by Gasteiger charge is 2.14. The minimum atomic E-state index is -3.33. The lowest BCUT2D eigenvalue weighted by Gasteiger charge is -2.09. The van der Waals surface area contributed by atoms with Gasteiger partial charge >= 0.3 is 0 Å². The van der Waals surface area contributed by atoms with Crippen LogP contribution >= 0.6 is 15.9 Å². The summed E-state index contributed by atoms with van der Waals surface area (Å²) in [6.07, 6.45) is 0. The van der Waals surface area contributed by atoms with Crippen LogP contribution in [0.25, 0.3) is 0 Å². The minimum Gasteiger partial charge on any atom is -0.496 e. The molecule has 0 saturated carbocycles. The number of methoxy groups -OCH3 is 1. The molecule has 0 aliphatic heterocycles. The summed E-state index contributed by atoms with van der Waals surface area (Å²) in [5.74, 6) is -0.132. The molecule has 0 atom stereocenters. The van der Waals surface area contributed by atoms with Crippen molar-refractivity contribution in [3.63, 3.8) is 0 Å². The van der Waals surface area contributed by atoms with Crippen molar-refractivity contribution >= 4 is 31.9 Å². The normalized spacial score (nSPS) is 11.1. The molecule has 1 rings (SSSR count). The summed E-state index contributed by atoms with van der Waals surface area (Å²) >= 11 is 3.26. The zero-order valence-electron chi connectivity index (χ0n) is 10.6. The van der Waals surface area contributed by atoms with Crippen molar-refractivity contribution in [3.8, 4) is 5.75 Å². The van der Waals surface area contributed by atoms with Crippen molar-refractivity contribution in [2.24, 2.45) is 0 Å². The van der Waals surface area contributed by atoms with Gasteiger partial charge in [0.25, 0.3) is 5.91 Å². The first-order chi connectivity index (χ1) is 8.89. The maximum absolute atomic E-state index is 11.9. The third-order valence-corrected chi connectivity index (χ3v) is 4.23. The van der Waals surface area contributed by atoms with Gasteiger partial charge in [0.1, 0.15) is 5.75 Å². The Morgan fingerprint density at radius 3 is 2.68 bits per heavy atom. The highest BCUT2D eigenvalue weighted by Crippen LogP contribution is 2.22. The van der Waals surface area contributed by atoms with Crippen LogP contribution in [0.3, 0.4) is 0 Å². The van der Waals surface area contributed by atoms with E-state index in [2.05, 4.69) is 26.0 Å². The summed E-state index contributed by atoms with van der Waals surface area (Å²) in [6, 6.07) is 5.02. The molecule has 0 fully saturated rings. The number of sulfonamides is 1. The van der Waals surface area contributed by atoms with Gasteiger partial charge in [0.15, 0.2) is 0 Å². The molecule has 0 aromatic heterocycles. The largest absolute Gasteiger partial charge is 0.496 e. The van der Waals surface area contributed by atoms with E-state index in [1.165, 1.54) is 14.2 Å². The predicted molar refractivity (Wildman–Crippen MR) is 75.9 cm³/mol. The Morgan fingerprint density at radius 1 is 1.42 bits per heavy atom. The van der Waals surface area contributed by atoms with Gasteiger partial charge in [-0.25, -0.2) is 13.1 Å². The molecule has 106 valence electrons. The number of carbonyl (C=O) groups is 1. The molecule has 1 aromatic rings. The van der Waals surface area contributed by atoms with Gasteiger partial charge < -0.3 is 10.1 Å². The fourth-order valence-electron chi connectivity index (χ4n) is 1.35. The molecule has 19 heavy (non-hydrogen) atoms. The van der Waals surface area contributed by atoms with Crippen LogP contribution in [0, 0.1) is 0 Å². The lowest BCUT2D eigenvalue weighted by Crippen LogP contribution is -2.33. The third-order valence-electron chi connectivity index (χ3n) is 2.37. The fraction of sp³-hybridized carbons (Fsp3) is 0.364. The number of amides is 1. The number of halogens is 1. The van der Waals surface area contributed by atoms with E-state index >= 15 is 0 Å². The van der Waals surface area contributed by atoms with Crippen LogP contribution < -0.4 is 14.8 Å². The molecule has 1 aromatic carbocycles. The van der Waals surface area contributed by atoms with Gasteiger partial charge in [-0.2, -0.15) is 0 Å².